The zero-order valence-corrected chi connectivity index (χ0v) is 10.3. The lowest BCUT2D eigenvalue weighted by molar-refractivity contribution is -0.121. The van der Waals surface area contributed by atoms with Crippen LogP contribution in [-0.2, 0) is 4.79 Å². The van der Waals surface area contributed by atoms with Gasteiger partial charge in [-0.15, -0.1) is 11.8 Å². The molecule has 0 saturated carbocycles. The average molecular weight is 239 g/mol. The number of aliphatic hydroxyl groups excluding tert-OH is 1. The van der Waals surface area contributed by atoms with Crippen LogP contribution in [0.25, 0.3) is 0 Å². The van der Waals surface area contributed by atoms with Gasteiger partial charge in [0, 0.05) is 10.9 Å². The van der Waals surface area contributed by atoms with E-state index in [1.807, 2.05) is 37.3 Å². The smallest absolute Gasteiger partial charge is 0.233 e. The van der Waals surface area contributed by atoms with Crippen LogP contribution in [0.5, 0.6) is 0 Å². The van der Waals surface area contributed by atoms with Gasteiger partial charge in [0.2, 0.25) is 5.91 Å². The van der Waals surface area contributed by atoms with E-state index in [2.05, 4.69) is 5.32 Å². The van der Waals surface area contributed by atoms with Crippen molar-refractivity contribution in [1.82, 2.24) is 5.32 Å². The zero-order chi connectivity index (χ0) is 12.0. The van der Waals surface area contributed by atoms with Crippen LogP contribution in [0.1, 0.15) is 13.8 Å². The minimum Gasteiger partial charge on any atom is -0.394 e. The standard InChI is InChI=1S/C12H17NO2S/c1-9(8-14)13-12(15)10(2)16-11-6-4-3-5-7-11/h3-7,9-10,14H,8H2,1-2H3,(H,13,15)/t9-,10-/m0/s1. The first-order chi connectivity index (χ1) is 7.63. The number of hydrogen-bond acceptors (Lipinski definition) is 3. The SMILES string of the molecule is C[C@H](Sc1ccccc1)C(=O)N[C@@H](C)CO. The monoisotopic (exact) mass is 239 g/mol. The molecule has 3 nitrogen and oxygen atoms in total. The molecule has 1 aromatic carbocycles. The molecule has 0 radical (unpaired) electrons. The molecule has 4 heteroatoms. The lowest BCUT2D eigenvalue weighted by Gasteiger charge is -2.15. The third-order valence-electron chi connectivity index (χ3n) is 2.09. The van der Waals surface area contributed by atoms with Crippen LogP contribution in [-0.4, -0.2) is 28.9 Å². The van der Waals surface area contributed by atoms with E-state index < -0.39 is 0 Å². The fourth-order valence-corrected chi connectivity index (χ4v) is 2.06. The average Bonchev–Trinajstić information content (AvgIpc) is 2.30. The summed E-state index contributed by atoms with van der Waals surface area (Å²) in [6, 6.07) is 9.61. The van der Waals surface area contributed by atoms with E-state index in [0.29, 0.717) is 0 Å². The first-order valence-corrected chi connectivity index (χ1v) is 6.14. The van der Waals surface area contributed by atoms with Gasteiger partial charge in [0.15, 0.2) is 0 Å². The Labute approximate surface area is 100 Å². The van der Waals surface area contributed by atoms with Crippen LogP contribution in [0, 0.1) is 0 Å². The minimum absolute atomic E-state index is 0.0333. The summed E-state index contributed by atoms with van der Waals surface area (Å²) in [5, 5.41) is 11.4. The molecular formula is C12H17NO2S. The Morgan fingerprint density at radius 3 is 2.56 bits per heavy atom. The molecule has 0 aromatic heterocycles. The fourth-order valence-electron chi connectivity index (χ4n) is 1.16. The Bertz CT molecular complexity index is 329. The van der Waals surface area contributed by atoms with Gasteiger partial charge in [-0.25, -0.2) is 0 Å². The number of rotatable bonds is 5. The predicted octanol–water partition coefficient (Wildman–Crippen LogP) is 1.66. The molecule has 0 aliphatic heterocycles. The van der Waals surface area contributed by atoms with Crippen molar-refractivity contribution >= 4 is 17.7 Å². The van der Waals surface area contributed by atoms with Gasteiger partial charge in [0.25, 0.3) is 0 Å². The Kier molecular flexibility index (Phi) is 5.35. The lowest BCUT2D eigenvalue weighted by atomic mass is 10.3. The molecule has 2 atom stereocenters. The summed E-state index contributed by atoms with van der Waals surface area (Å²) in [7, 11) is 0. The molecule has 1 amide bonds. The third-order valence-corrected chi connectivity index (χ3v) is 3.20. The molecule has 2 N–H and O–H groups in total. The van der Waals surface area contributed by atoms with Crippen molar-refractivity contribution in [3.63, 3.8) is 0 Å². The van der Waals surface area contributed by atoms with Gasteiger partial charge >= 0.3 is 0 Å². The Balaban J connectivity index is 2.46. The summed E-state index contributed by atoms with van der Waals surface area (Å²) in [4.78, 5) is 12.7. The number of benzene rings is 1. The van der Waals surface area contributed by atoms with E-state index in [0.717, 1.165) is 4.90 Å². The first-order valence-electron chi connectivity index (χ1n) is 5.26. The van der Waals surface area contributed by atoms with Gasteiger partial charge in [-0.1, -0.05) is 18.2 Å². The van der Waals surface area contributed by atoms with E-state index in [1.165, 1.54) is 11.8 Å². The fraction of sp³-hybridized carbons (Fsp3) is 0.417. The number of carbonyl (C=O) groups is 1. The molecular weight excluding hydrogens is 222 g/mol. The van der Waals surface area contributed by atoms with Crippen molar-refractivity contribution in [3.05, 3.63) is 30.3 Å². The second-order valence-corrected chi connectivity index (χ2v) is 5.08. The third kappa shape index (κ3) is 4.24. The minimum atomic E-state index is -0.189. The van der Waals surface area contributed by atoms with Crippen LogP contribution in [0.3, 0.4) is 0 Å². The van der Waals surface area contributed by atoms with E-state index >= 15 is 0 Å². The molecule has 0 aliphatic rings. The van der Waals surface area contributed by atoms with Crippen molar-refractivity contribution in [2.24, 2.45) is 0 Å². The summed E-state index contributed by atoms with van der Waals surface area (Å²) >= 11 is 1.51. The summed E-state index contributed by atoms with van der Waals surface area (Å²) < 4.78 is 0. The summed E-state index contributed by atoms with van der Waals surface area (Å²) in [6.45, 7) is 3.60. The van der Waals surface area contributed by atoms with E-state index in [1.54, 1.807) is 6.92 Å². The topological polar surface area (TPSA) is 49.3 Å². The summed E-state index contributed by atoms with van der Waals surface area (Å²) in [5.41, 5.74) is 0. The maximum atomic E-state index is 11.7. The molecule has 1 aromatic rings. The molecule has 0 saturated heterocycles. The number of nitrogens with one attached hydrogen (secondary N) is 1. The molecule has 16 heavy (non-hydrogen) atoms. The highest BCUT2D eigenvalue weighted by molar-refractivity contribution is 8.00. The van der Waals surface area contributed by atoms with Crippen molar-refractivity contribution in [3.8, 4) is 0 Å². The Morgan fingerprint density at radius 1 is 1.38 bits per heavy atom. The highest BCUT2D eigenvalue weighted by atomic mass is 32.2. The number of amides is 1. The molecule has 88 valence electrons. The van der Waals surface area contributed by atoms with Crippen LogP contribution in [0.4, 0.5) is 0 Å². The lowest BCUT2D eigenvalue weighted by Crippen LogP contribution is -2.39. The van der Waals surface area contributed by atoms with Gasteiger partial charge in [0.05, 0.1) is 11.9 Å². The molecule has 0 fully saturated rings. The van der Waals surface area contributed by atoms with Crippen LogP contribution >= 0.6 is 11.8 Å². The van der Waals surface area contributed by atoms with Crippen LogP contribution < -0.4 is 5.32 Å². The Hall–Kier alpha value is -1.00. The Morgan fingerprint density at radius 2 is 2.00 bits per heavy atom. The number of carbonyl (C=O) groups excluding carboxylic acids is 1. The summed E-state index contributed by atoms with van der Waals surface area (Å²) in [5.74, 6) is -0.0459. The molecule has 0 heterocycles. The molecule has 0 bridgehead atoms. The number of thioether (sulfide) groups is 1. The first kappa shape index (κ1) is 13.1. The largest absolute Gasteiger partial charge is 0.394 e. The molecule has 1 rings (SSSR count). The molecule has 0 aliphatic carbocycles. The maximum Gasteiger partial charge on any atom is 0.233 e. The number of aliphatic hydroxyl groups is 1. The van der Waals surface area contributed by atoms with E-state index in [9.17, 15) is 4.79 Å². The van der Waals surface area contributed by atoms with Gasteiger partial charge in [-0.2, -0.15) is 0 Å². The van der Waals surface area contributed by atoms with Crippen molar-refractivity contribution in [2.45, 2.75) is 30.0 Å². The number of hydrogen-bond donors (Lipinski definition) is 2. The van der Waals surface area contributed by atoms with Crippen LogP contribution in [0.15, 0.2) is 35.2 Å². The normalized spacial score (nSPS) is 14.2. The van der Waals surface area contributed by atoms with Gasteiger partial charge in [-0.3, -0.25) is 4.79 Å². The van der Waals surface area contributed by atoms with Crippen molar-refractivity contribution < 1.29 is 9.90 Å². The second kappa shape index (κ2) is 6.55. The van der Waals surface area contributed by atoms with Crippen LogP contribution in [0.2, 0.25) is 0 Å². The highest BCUT2D eigenvalue weighted by Crippen LogP contribution is 2.22. The van der Waals surface area contributed by atoms with E-state index in [4.69, 9.17) is 5.11 Å². The van der Waals surface area contributed by atoms with Crippen molar-refractivity contribution in [1.29, 1.82) is 0 Å². The van der Waals surface area contributed by atoms with Gasteiger partial charge in [0.1, 0.15) is 0 Å². The zero-order valence-electron chi connectivity index (χ0n) is 9.51. The quantitative estimate of drug-likeness (QED) is 0.768. The van der Waals surface area contributed by atoms with Gasteiger partial charge in [-0.05, 0) is 26.0 Å². The molecule has 0 unspecified atom stereocenters. The van der Waals surface area contributed by atoms with E-state index in [-0.39, 0.29) is 23.8 Å². The maximum absolute atomic E-state index is 11.7. The van der Waals surface area contributed by atoms with Crippen molar-refractivity contribution in [2.75, 3.05) is 6.61 Å². The molecule has 0 spiro atoms. The second-order valence-electron chi connectivity index (χ2n) is 3.67. The van der Waals surface area contributed by atoms with Gasteiger partial charge < -0.3 is 10.4 Å². The summed E-state index contributed by atoms with van der Waals surface area (Å²) in [6.07, 6.45) is 0. The predicted molar refractivity (Wildman–Crippen MR) is 66.5 cm³/mol. The highest BCUT2D eigenvalue weighted by Gasteiger charge is 2.15.